The Bertz CT molecular complexity index is 1020. The van der Waals surface area contributed by atoms with Gasteiger partial charge in [0.2, 0.25) is 6.79 Å². The van der Waals surface area contributed by atoms with E-state index in [2.05, 4.69) is 16.1 Å². The van der Waals surface area contributed by atoms with Crippen LogP contribution >= 0.6 is 0 Å². The van der Waals surface area contributed by atoms with Crippen molar-refractivity contribution in [2.75, 3.05) is 33.0 Å². The van der Waals surface area contributed by atoms with Gasteiger partial charge >= 0.3 is 0 Å². The summed E-state index contributed by atoms with van der Waals surface area (Å²) < 4.78 is 17.9. The molecule has 0 saturated carbocycles. The van der Waals surface area contributed by atoms with Gasteiger partial charge in [-0.15, -0.1) is 0 Å². The quantitative estimate of drug-likeness (QED) is 0.677. The van der Waals surface area contributed by atoms with E-state index in [9.17, 15) is 4.79 Å². The van der Waals surface area contributed by atoms with Crippen molar-refractivity contribution in [1.29, 1.82) is 0 Å². The summed E-state index contributed by atoms with van der Waals surface area (Å²) in [5.74, 6) is 2.26. The van der Waals surface area contributed by atoms with Crippen molar-refractivity contribution in [3.8, 4) is 23.0 Å². The van der Waals surface area contributed by atoms with Crippen molar-refractivity contribution in [2.24, 2.45) is 7.05 Å². The van der Waals surface area contributed by atoms with Crippen LogP contribution in [0.3, 0.4) is 0 Å². The van der Waals surface area contributed by atoms with Crippen molar-refractivity contribution in [2.45, 2.75) is 6.54 Å². The van der Waals surface area contributed by atoms with E-state index in [1.54, 1.807) is 17.0 Å². The second-order valence-electron chi connectivity index (χ2n) is 7.27. The van der Waals surface area contributed by atoms with Gasteiger partial charge in [-0.05, 0) is 29.8 Å². The Morgan fingerprint density at radius 1 is 1.07 bits per heavy atom. The fraction of sp³-hybridized carbons (Fsp3) is 0.333. The predicted molar refractivity (Wildman–Crippen MR) is 105 cm³/mol. The molecule has 0 N–H and O–H groups in total. The molecule has 1 fully saturated rings. The number of aromatic nitrogens is 2. The lowest BCUT2D eigenvalue weighted by atomic mass is 10.1. The molecule has 2 aromatic heterocycles. The highest BCUT2D eigenvalue weighted by Gasteiger charge is 2.25. The minimum atomic E-state index is -0.0406. The third kappa shape index (κ3) is 3.47. The Labute approximate surface area is 168 Å². The van der Waals surface area contributed by atoms with Crippen molar-refractivity contribution < 1.29 is 18.7 Å². The second-order valence-corrected chi connectivity index (χ2v) is 7.27. The van der Waals surface area contributed by atoms with Gasteiger partial charge in [0.25, 0.3) is 5.91 Å². The Morgan fingerprint density at radius 3 is 2.69 bits per heavy atom. The number of aryl methyl sites for hydroxylation is 1. The van der Waals surface area contributed by atoms with Gasteiger partial charge in [-0.1, -0.05) is 6.07 Å². The number of hydrogen-bond acceptors (Lipinski definition) is 6. The summed E-state index contributed by atoms with van der Waals surface area (Å²) in [6.07, 6.45) is 1.61. The standard InChI is InChI=1S/C21H22N4O4/c1-23-17(18-3-2-10-27-18)12-16(22-23)21(26)25-8-6-24(7-9-25)13-15-4-5-19-20(11-15)29-14-28-19/h2-5,10-12H,6-9,13-14H2,1H3. The molecule has 8 nitrogen and oxygen atoms in total. The van der Waals surface area contributed by atoms with Gasteiger partial charge in [-0.25, -0.2) is 0 Å². The number of amides is 1. The average Bonchev–Trinajstić information content (AvgIpc) is 3.48. The van der Waals surface area contributed by atoms with Gasteiger partial charge in [0.1, 0.15) is 5.69 Å². The molecule has 4 heterocycles. The number of benzene rings is 1. The van der Waals surface area contributed by atoms with Crippen molar-refractivity contribution >= 4 is 5.91 Å². The third-order valence-corrected chi connectivity index (χ3v) is 5.38. The van der Waals surface area contributed by atoms with Crippen LogP contribution in [0.2, 0.25) is 0 Å². The smallest absolute Gasteiger partial charge is 0.274 e. The third-order valence-electron chi connectivity index (χ3n) is 5.38. The lowest BCUT2D eigenvalue weighted by Crippen LogP contribution is -2.48. The van der Waals surface area contributed by atoms with E-state index in [0.29, 0.717) is 24.5 Å². The van der Waals surface area contributed by atoms with Gasteiger partial charge in [-0.2, -0.15) is 5.10 Å². The highest BCUT2D eigenvalue weighted by molar-refractivity contribution is 5.93. The molecule has 0 aliphatic carbocycles. The monoisotopic (exact) mass is 394 g/mol. The molecule has 2 aliphatic rings. The Hall–Kier alpha value is -3.26. The lowest BCUT2D eigenvalue weighted by Gasteiger charge is -2.34. The first-order valence-electron chi connectivity index (χ1n) is 9.65. The maximum Gasteiger partial charge on any atom is 0.274 e. The molecule has 2 aliphatic heterocycles. The number of ether oxygens (including phenoxy) is 2. The van der Waals surface area contributed by atoms with E-state index in [1.165, 1.54) is 5.56 Å². The molecule has 0 spiro atoms. The first-order valence-corrected chi connectivity index (χ1v) is 9.65. The largest absolute Gasteiger partial charge is 0.463 e. The van der Waals surface area contributed by atoms with Crippen LogP contribution in [0.1, 0.15) is 16.1 Å². The minimum Gasteiger partial charge on any atom is -0.463 e. The number of rotatable bonds is 4. The molecule has 0 radical (unpaired) electrons. The summed E-state index contributed by atoms with van der Waals surface area (Å²) in [6.45, 7) is 4.10. The Kier molecular flexibility index (Phi) is 4.48. The van der Waals surface area contributed by atoms with Crippen LogP contribution in [0.4, 0.5) is 0 Å². The molecular weight excluding hydrogens is 372 g/mol. The topological polar surface area (TPSA) is 73.0 Å². The van der Waals surface area contributed by atoms with E-state index in [-0.39, 0.29) is 12.7 Å². The average molecular weight is 394 g/mol. The molecule has 29 heavy (non-hydrogen) atoms. The molecular formula is C21H22N4O4. The number of carbonyl (C=O) groups excluding carboxylic acids is 1. The molecule has 5 rings (SSSR count). The number of hydrogen-bond donors (Lipinski definition) is 0. The van der Waals surface area contributed by atoms with Crippen LogP contribution < -0.4 is 9.47 Å². The van der Waals surface area contributed by atoms with E-state index in [1.807, 2.05) is 36.2 Å². The molecule has 0 bridgehead atoms. The highest BCUT2D eigenvalue weighted by atomic mass is 16.7. The molecule has 1 saturated heterocycles. The van der Waals surface area contributed by atoms with Gasteiger partial charge < -0.3 is 18.8 Å². The lowest BCUT2D eigenvalue weighted by molar-refractivity contribution is 0.0622. The summed E-state index contributed by atoms with van der Waals surface area (Å²) in [4.78, 5) is 17.1. The number of carbonyl (C=O) groups is 1. The molecule has 0 unspecified atom stereocenters. The molecule has 3 aromatic rings. The molecule has 8 heteroatoms. The molecule has 150 valence electrons. The highest BCUT2D eigenvalue weighted by Crippen LogP contribution is 2.33. The molecule has 0 atom stereocenters. The Balaban J connectivity index is 1.20. The molecule has 1 amide bonds. The maximum atomic E-state index is 12.9. The van der Waals surface area contributed by atoms with Gasteiger partial charge in [0.15, 0.2) is 23.0 Å². The number of piperazine rings is 1. The summed E-state index contributed by atoms with van der Waals surface area (Å²) in [5.41, 5.74) is 2.42. The SMILES string of the molecule is Cn1nc(C(=O)N2CCN(Cc3ccc4c(c3)OCO4)CC2)cc1-c1ccco1. The van der Waals surface area contributed by atoms with Gasteiger partial charge in [0.05, 0.1) is 6.26 Å². The van der Waals surface area contributed by atoms with Crippen LogP contribution in [-0.2, 0) is 13.6 Å². The van der Waals surface area contributed by atoms with Crippen molar-refractivity contribution in [3.05, 3.63) is 53.9 Å². The fourth-order valence-electron chi connectivity index (χ4n) is 3.80. The van der Waals surface area contributed by atoms with E-state index in [0.717, 1.165) is 36.8 Å². The first kappa shape index (κ1) is 17.8. The number of nitrogens with zero attached hydrogens (tertiary/aromatic N) is 4. The minimum absolute atomic E-state index is 0.0406. The van der Waals surface area contributed by atoms with Crippen molar-refractivity contribution in [1.82, 2.24) is 19.6 Å². The summed E-state index contributed by atoms with van der Waals surface area (Å²) in [7, 11) is 1.82. The maximum absolute atomic E-state index is 12.9. The van der Waals surface area contributed by atoms with Gasteiger partial charge in [-0.3, -0.25) is 14.4 Å². The summed E-state index contributed by atoms with van der Waals surface area (Å²) in [5, 5.41) is 4.39. The van der Waals surface area contributed by atoms with E-state index in [4.69, 9.17) is 13.9 Å². The second kappa shape index (κ2) is 7.29. The van der Waals surface area contributed by atoms with E-state index < -0.39 is 0 Å². The number of furan rings is 1. The zero-order valence-electron chi connectivity index (χ0n) is 16.2. The fourth-order valence-corrected chi connectivity index (χ4v) is 3.80. The normalized spacial score (nSPS) is 16.4. The van der Waals surface area contributed by atoms with Gasteiger partial charge in [0, 0.05) is 45.8 Å². The van der Waals surface area contributed by atoms with E-state index >= 15 is 0 Å². The van der Waals surface area contributed by atoms with Crippen LogP contribution in [0.5, 0.6) is 11.5 Å². The summed E-state index contributed by atoms with van der Waals surface area (Å²) in [6, 6.07) is 11.5. The van der Waals surface area contributed by atoms with Crippen LogP contribution in [0.25, 0.3) is 11.5 Å². The first-order chi connectivity index (χ1) is 14.2. The van der Waals surface area contributed by atoms with Crippen LogP contribution in [-0.4, -0.2) is 58.5 Å². The molecule has 1 aromatic carbocycles. The van der Waals surface area contributed by atoms with Crippen LogP contribution in [0, 0.1) is 0 Å². The summed E-state index contributed by atoms with van der Waals surface area (Å²) >= 11 is 0. The zero-order valence-corrected chi connectivity index (χ0v) is 16.2. The van der Waals surface area contributed by atoms with Crippen molar-refractivity contribution in [3.63, 3.8) is 0 Å². The number of fused-ring (bicyclic) bond motifs is 1. The Morgan fingerprint density at radius 2 is 1.90 bits per heavy atom. The van der Waals surface area contributed by atoms with Crippen LogP contribution in [0.15, 0.2) is 47.1 Å². The zero-order chi connectivity index (χ0) is 19.8. The predicted octanol–water partition coefficient (Wildman–Crippen LogP) is 2.37.